The van der Waals surface area contributed by atoms with E-state index in [1.165, 1.54) is 24.3 Å². The molecule has 0 aliphatic heterocycles. The van der Waals surface area contributed by atoms with Gasteiger partial charge in [0.05, 0.1) is 0 Å². The topological polar surface area (TPSA) is 104 Å². The number of hydrogen-bond donors (Lipinski definition) is 4. The molecule has 76 valence electrons. The van der Waals surface area contributed by atoms with E-state index >= 15 is 0 Å². The quantitative estimate of drug-likeness (QED) is 0.539. The summed E-state index contributed by atoms with van der Waals surface area (Å²) in [6.07, 6.45) is -1.32. The molecule has 5 N–H and O–H groups in total. The lowest BCUT2D eigenvalue weighted by Gasteiger charge is -2.14. The van der Waals surface area contributed by atoms with Crippen molar-refractivity contribution in [1.29, 1.82) is 0 Å². The van der Waals surface area contributed by atoms with E-state index in [1.54, 1.807) is 0 Å². The fraction of sp³-hybridized carbons (Fsp3) is 0.222. The Hall–Kier alpha value is -1.59. The zero-order chi connectivity index (χ0) is 10.7. The highest BCUT2D eigenvalue weighted by Crippen LogP contribution is 2.19. The summed E-state index contributed by atoms with van der Waals surface area (Å²) in [7, 11) is 0. The van der Waals surface area contributed by atoms with Crippen molar-refractivity contribution in [3.05, 3.63) is 29.8 Å². The number of carbonyl (C=O) groups is 1. The predicted molar refractivity (Wildman–Crippen MR) is 48.7 cm³/mol. The maximum atomic E-state index is 10.5. The van der Waals surface area contributed by atoms with Crippen molar-refractivity contribution in [3.8, 4) is 5.75 Å². The molecule has 14 heavy (non-hydrogen) atoms. The Labute approximate surface area is 80.4 Å². The van der Waals surface area contributed by atoms with Gasteiger partial charge in [-0.2, -0.15) is 0 Å². The number of phenols is 1. The van der Waals surface area contributed by atoms with Gasteiger partial charge in [0.1, 0.15) is 17.9 Å². The highest BCUT2D eigenvalue weighted by Gasteiger charge is 2.23. The Morgan fingerprint density at radius 2 is 2.07 bits per heavy atom. The molecule has 0 aliphatic carbocycles. The first kappa shape index (κ1) is 10.5. The number of benzene rings is 1. The van der Waals surface area contributed by atoms with E-state index in [2.05, 4.69) is 0 Å². The highest BCUT2D eigenvalue weighted by atomic mass is 16.4. The van der Waals surface area contributed by atoms with E-state index in [-0.39, 0.29) is 11.3 Å². The molecule has 0 saturated heterocycles. The molecule has 0 radical (unpaired) electrons. The van der Waals surface area contributed by atoms with E-state index in [0.29, 0.717) is 0 Å². The van der Waals surface area contributed by atoms with Crippen molar-refractivity contribution in [2.75, 3.05) is 0 Å². The van der Waals surface area contributed by atoms with Gasteiger partial charge in [0, 0.05) is 0 Å². The third kappa shape index (κ3) is 2.21. The minimum atomic E-state index is -1.39. The summed E-state index contributed by atoms with van der Waals surface area (Å²) in [5.41, 5.74) is 5.49. The maximum Gasteiger partial charge on any atom is 0.323 e. The second-order valence-electron chi connectivity index (χ2n) is 2.90. The van der Waals surface area contributed by atoms with E-state index in [1.807, 2.05) is 0 Å². The van der Waals surface area contributed by atoms with Gasteiger partial charge < -0.3 is 21.1 Å². The zero-order valence-electron chi connectivity index (χ0n) is 7.29. The molecule has 0 aromatic heterocycles. The number of phenolic OH excluding ortho intramolecular Hbond substituents is 1. The van der Waals surface area contributed by atoms with Gasteiger partial charge in [-0.05, 0) is 17.7 Å². The molecule has 1 aromatic carbocycles. The lowest BCUT2D eigenvalue weighted by molar-refractivity contribution is -0.141. The van der Waals surface area contributed by atoms with Crippen LogP contribution in [0.25, 0.3) is 0 Å². The van der Waals surface area contributed by atoms with Crippen molar-refractivity contribution < 1.29 is 20.1 Å². The van der Waals surface area contributed by atoms with Crippen LogP contribution in [0.2, 0.25) is 0 Å². The number of rotatable bonds is 3. The van der Waals surface area contributed by atoms with Crippen LogP contribution in [-0.4, -0.2) is 27.3 Å². The van der Waals surface area contributed by atoms with Gasteiger partial charge in [0.25, 0.3) is 0 Å². The Bertz CT molecular complexity index is 339. The van der Waals surface area contributed by atoms with Crippen molar-refractivity contribution in [2.45, 2.75) is 12.1 Å². The summed E-state index contributed by atoms with van der Waals surface area (Å²) < 4.78 is 0. The van der Waals surface area contributed by atoms with Gasteiger partial charge in [-0.15, -0.1) is 0 Å². The summed E-state index contributed by atoms with van der Waals surface area (Å²) in [6, 6.07) is 4.29. The minimum Gasteiger partial charge on any atom is -0.508 e. The Kier molecular flexibility index (Phi) is 3.06. The number of carboxylic acids is 1. The largest absolute Gasteiger partial charge is 0.508 e. The van der Waals surface area contributed by atoms with Gasteiger partial charge in [0.2, 0.25) is 0 Å². The molecule has 5 nitrogen and oxygen atoms in total. The molecule has 0 fully saturated rings. The molecular formula is C9H11NO4. The van der Waals surface area contributed by atoms with Crippen molar-refractivity contribution in [3.63, 3.8) is 0 Å². The average molecular weight is 197 g/mol. The summed E-state index contributed by atoms with van der Waals surface area (Å²) in [4.78, 5) is 10.5. The molecule has 0 spiro atoms. The number of aliphatic carboxylic acids is 1. The molecule has 0 aliphatic rings. The summed E-state index contributed by atoms with van der Waals surface area (Å²) >= 11 is 0. The first-order chi connectivity index (χ1) is 6.52. The van der Waals surface area contributed by atoms with E-state index in [4.69, 9.17) is 15.9 Å². The van der Waals surface area contributed by atoms with Crippen molar-refractivity contribution >= 4 is 5.97 Å². The van der Waals surface area contributed by atoms with E-state index in [9.17, 15) is 9.90 Å². The highest BCUT2D eigenvalue weighted by molar-refractivity contribution is 5.74. The van der Waals surface area contributed by atoms with Crippen LogP contribution in [0, 0.1) is 0 Å². The number of aromatic hydroxyl groups is 1. The lowest BCUT2D eigenvalue weighted by atomic mass is 10.0. The molecule has 5 heteroatoms. The molecule has 2 atom stereocenters. The van der Waals surface area contributed by atoms with Gasteiger partial charge in [-0.25, -0.2) is 0 Å². The summed E-state index contributed by atoms with van der Waals surface area (Å²) in [5, 5.41) is 27.1. The minimum absolute atomic E-state index is 0.0425. The average Bonchev–Trinajstić information content (AvgIpc) is 2.15. The summed E-state index contributed by atoms with van der Waals surface area (Å²) in [5.74, 6) is -1.33. The molecule has 0 bridgehead atoms. The van der Waals surface area contributed by atoms with Crippen LogP contribution in [0.3, 0.4) is 0 Å². The molecule has 1 rings (SSSR count). The van der Waals surface area contributed by atoms with Crippen LogP contribution in [0.1, 0.15) is 11.7 Å². The van der Waals surface area contributed by atoms with E-state index < -0.39 is 18.1 Å². The second-order valence-corrected chi connectivity index (χ2v) is 2.90. The van der Waals surface area contributed by atoms with Crippen LogP contribution in [0.5, 0.6) is 5.75 Å². The molecule has 0 amide bonds. The fourth-order valence-corrected chi connectivity index (χ4v) is 1.05. The summed E-state index contributed by atoms with van der Waals surface area (Å²) in [6.45, 7) is 0. The molecule has 1 aromatic rings. The second kappa shape index (κ2) is 4.08. The van der Waals surface area contributed by atoms with Gasteiger partial charge in [-0.1, -0.05) is 12.1 Å². The first-order valence-electron chi connectivity index (χ1n) is 3.97. The monoisotopic (exact) mass is 197 g/mol. The number of nitrogens with two attached hydrogens (primary N) is 1. The fourth-order valence-electron chi connectivity index (χ4n) is 1.05. The number of aliphatic hydroxyl groups is 1. The van der Waals surface area contributed by atoms with Crippen LogP contribution >= 0.6 is 0 Å². The third-order valence-electron chi connectivity index (χ3n) is 1.84. The van der Waals surface area contributed by atoms with Crippen LogP contribution in [-0.2, 0) is 4.79 Å². The maximum absolute atomic E-state index is 10.5. The van der Waals surface area contributed by atoms with Crippen LogP contribution in [0.4, 0.5) is 0 Å². The number of hydrogen-bond acceptors (Lipinski definition) is 4. The molecule has 2 unspecified atom stereocenters. The van der Waals surface area contributed by atoms with Gasteiger partial charge in [0.15, 0.2) is 0 Å². The Morgan fingerprint density at radius 3 is 2.57 bits per heavy atom. The van der Waals surface area contributed by atoms with Gasteiger partial charge in [-0.3, -0.25) is 4.79 Å². The Balaban J connectivity index is 2.89. The lowest BCUT2D eigenvalue weighted by Crippen LogP contribution is -2.36. The molecular weight excluding hydrogens is 186 g/mol. The normalized spacial score (nSPS) is 14.7. The SMILES string of the molecule is NC(C(=O)O)C(O)c1cccc(O)c1. The van der Waals surface area contributed by atoms with E-state index in [0.717, 1.165) is 0 Å². The first-order valence-corrected chi connectivity index (χ1v) is 3.97. The standard InChI is InChI=1S/C9H11NO4/c10-7(9(13)14)8(12)5-2-1-3-6(11)4-5/h1-4,7-8,11-12H,10H2,(H,13,14). The van der Waals surface area contributed by atoms with Gasteiger partial charge >= 0.3 is 5.97 Å². The molecule has 0 saturated carbocycles. The number of aliphatic hydroxyl groups excluding tert-OH is 1. The zero-order valence-corrected chi connectivity index (χ0v) is 7.29. The van der Waals surface area contributed by atoms with Crippen molar-refractivity contribution in [2.24, 2.45) is 5.73 Å². The number of carboxylic acid groups (broad SMARTS) is 1. The van der Waals surface area contributed by atoms with Crippen molar-refractivity contribution in [1.82, 2.24) is 0 Å². The van der Waals surface area contributed by atoms with Crippen LogP contribution in [0.15, 0.2) is 24.3 Å². The third-order valence-corrected chi connectivity index (χ3v) is 1.84. The smallest absolute Gasteiger partial charge is 0.323 e. The van der Waals surface area contributed by atoms with Crippen LogP contribution < -0.4 is 5.73 Å². The molecule has 0 heterocycles. The predicted octanol–water partition coefficient (Wildman–Crippen LogP) is -0.163. The Morgan fingerprint density at radius 1 is 1.43 bits per heavy atom.